The molecule has 0 bridgehead atoms. The Morgan fingerprint density at radius 3 is 2.34 bits per heavy atom. The van der Waals surface area contributed by atoms with E-state index in [0.717, 1.165) is 15.8 Å². The van der Waals surface area contributed by atoms with Gasteiger partial charge in [0.2, 0.25) is 0 Å². The number of Topliss-reactive ketones (excluding diaryl/α,β-unsaturated/α-hetero) is 1. The normalized spacial score (nSPS) is 20.0. The Hall–Kier alpha value is -2.59. The molecule has 1 saturated carbocycles. The van der Waals surface area contributed by atoms with E-state index in [4.69, 9.17) is 23.2 Å². The number of halogens is 5. The quantitative estimate of drug-likeness (QED) is 0.338. The predicted molar refractivity (Wildman–Crippen MR) is 137 cm³/mol. The average Bonchev–Trinajstić information content (AvgIpc) is 3.26. The van der Waals surface area contributed by atoms with Crippen molar-refractivity contribution in [2.75, 3.05) is 13.1 Å². The number of hydrogen-bond donors (Lipinski definition) is 1. The molecule has 7 nitrogen and oxygen atoms in total. The lowest BCUT2D eigenvalue weighted by molar-refractivity contribution is -0.149. The van der Waals surface area contributed by atoms with E-state index in [9.17, 15) is 32.7 Å². The fourth-order valence-corrected chi connectivity index (χ4v) is 5.50. The third-order valence-electron chi connectivity index (χ3n) is 6.94. The number of benzene rings is 1. The SMILES string of the molecule is CC(C)CCN(CC(=O)c1c(Cl)cccc1Cl)C(=O)c1cnn([C@H]2CC[C@H](C(=O)O)[C@H](C)C2)c1C(F)(F)F. The van der Waals surface area contributed by atoms with Crippen molar-refractivity contribution in [1.82, 2.24) is 14.7 Å². The number of carboxylic acid groups (broad SMARTS) is 1. The molecule has 3 atom stereocenters. The molecule has 1 fully saturated rings. The lowest BCUT2D eigenvalue weighted by atomic mass is 9.78. The maximum atomic E-state index is 14.3. The molecule has 38 heavy (non-hydrogen) atoms. The van der Waals surface area contributed by atoms with Crippen LogP contribution in [0.4, 0.5) is 13.2 Å². The minimum Gasteiger partial charge on any atom is -0.481 e. The first-order valence-corrected chi connectivity index (χ1v) is 13.1. The Bertz CT molecular complexity index is 1180. The number of nitrogens with zero attached hydrogens (tertiary/aromatic N) is 3. The van der Waals surface area contributed by atoms with E-state index in [2.05, 4.69) is 5.10 Å². The molecule has 1 aliphatic carbocycles. The summed E-state index contributed by atoms with van der Waals surface area (Å²) in [6, 6.07) is 3.77. The van der Waals surface area contributed by atoms with Gasteiger partial charge in [-0.25, -0.2) is 0 Å². The maximum Gasteiger partial charge on any atom is 0.433 e. The van der Waals surface area contributed by atoms with E-state index >= 15 is 0 Å². The molecule has 0 unspecified atom stereocenters. The fourth-order valence-electron chi connectivity index (χ4n) is 4.89. The predicted octanol–water partition coefficient (Wildman–Crippen LogP) is 6.64. The summed E-state index contributed by atoms with van der Waals surface area (Å²) >= 11 is 12.3. The zero-order valence-corrected chi connectivity index (χ0v) is 22.8. The lowest BCUT2D eigenvalue weighted by Gasteiger charge is -2.33. The summed E-state index contributed by atoms with van der Waals surface area (Å²) in [5.74, 6) is -3.46. The number of rotatable bonds is 9. The molecule has 0 spiro atoms. The van der Waals surface area contributed by atoms with Crippen LogP contribution in [0.1, 0.15) is 78.9 Å². The van der Waals surface area contributed by atoms with Gasteiger partial charge in [0.25, 0.3) is 5.91 Å². The van der Waals surface area contributed by atoms with Crippen molar-refractivity contribution >= 4 is 40.9 Å². The van der Waals surface area contributed by atoms with E-state index in [0.29, 0.717) is 6.42 Å². The topological polar surface area (TPSA) is 92.5 Å². The first-order valence-electron chi connectivity index (χ1n) is 12.4. The average molecular weight is 576 g/mol. The van der Waals surface area contributed by atoms with Gasteiger partial charge in [0, 0.05) is 6.54 Å². The molecular weight excluding hydrogens is 546 g/mol. The van der Waals surface area contributed by atoms with E-state index < -0.39 is 53.6 Å². The lowest BCUT2D eigenvalue weighted by Crippen LogP contribution is -2.38. The highest BCUT2D eigenvalue weighted by Gasteiger charge is 2.44. The number of hydrogen-bond acceptors (Lipinski definition) is 4. The van der Waals surface area contributed by atoms with Crippen LogP contribution in [-0.4, -0.2) is 50.5 Å². The Labute approximate surface area is 228 Å². The van der Waals surface area contributed by atoms with Gasteiger partial charge in [-0.2, -0.15) is 18.3 Å². The maximum absolute atomic E-state index is 14.3. The smallest absolute Gasteiger partial charge is 0.433 e. The highest BCUT2D eigenvalue weighted by molar-refractivity contribution is 6.40. The van der Waals surface area contributed by atoms with Crippen LogP contribution in [0.2, 0.25) is 10.0 Å². The molecule has 1 aliphatic rings. The number of alkyl halides is 3. The second-order valence-corrected chi connectivity index (χ2v) is 11.0. The van der Waals surface area contributed by atoms with Gasteiger partial charge in [-0.15, -0.1) is 0 Å². The summed E-state index contributed by atoms with van der Waals surface area (Å²) in [6.07, 6.45) is -3.02. The molecule has 3 rings (SSSR count). The summed E-state index contributed by atoms with van der Waals surface area (Å²) in [5.41, 5.74) is -1.87. The van der Waals surface area contributed by atoms with Crippen LogP contribution >= 0.6 is 23.2 Å². The number of aromatic nitrogens is 2. The highest BCUT2D eigenvalue weighted by Crippen LogP contribution is 2.41. The van der Waals surface area contributed by atoms with Gasteiger partial charge in [-0.05, 0) is 49.7 Å². The summed E-state index contributed by atoms with van der Waals surface area (Å²) in [7, 11) is 0. The summed E-state index contributed by atoms with van der Waals surface area (Å²) < 4.78 is 43.8. The van der Waals surface area contributed by atoms with Crippen molar-refractivity contribution in [2.24, 2.45) is 17.8 Å². The molecule has 0 saturated heterocycles. The Morgan fingerprint density at radius 2 is 1.82 bits per heavy atom. The number of aliphatic carboxylic acids is 1. The molecule has 1 amide bonds. The van der Waals surface area contributed by atoms with Gasteiger partial charge in [0.05, 0.1) is 45.9 Å². The van der Waals surface area contributed by atoms with Crippen molar-refractivity contribution < 1.29 is 32.7 Å². The third kappa shape index (κ3) is 6.69. The van der Waals surface area contributed by atoms with Crippen LogP contribution in [0.5, 0.6) is 0 Å². The van der Waals surface area contributed by atoms with Gasteiger partial charge in [-0.3, -0.25) is 19.1 Å². The molecule has 1 aromatic carbocycles. The number of carbonyl (C=O) groups excluding carboxylic acids is 2. The molecule has 1 heterocycles. The monoisotopic (exact) mass is 575 g/mol. The molecule has 208 valence electrons. The zero-order chi connectivity index (χ0) is 28.4. The third-order valence-corrected chi connectivity index (χ3v) is 7.57. The van der Waals surface area contributed by atoms with Crippen LogP contribution in [-0.2, 0) is 11.0 Å². The molecule has 0 aliphatic heterocycles. The van der Waals surface area contributed by atoms with E-state index in [1.54, 1.807) is 13.0 Å². The molecular formula is C26H30Cl2F3N3O4. The fraction of sp³-hybridized carbons (Fsp3) is 0.538. The Kier molecular flexibility index (Phi) is 9.52. The Morgan fingerprint density at radius 1 is 1.18 bits per heavy atom. The Balaban J connectivity index is 1.96. The second-order valence-electron chi connectivity index (χ2n) is 10.2. The number of carbonyl (C=O) groups is 3. The van der Waals surface area contributed by atoms with Gasteiger partial charge < -0.3 is 10.0 Å². The summed E-state index contributed by atoms with van der Waals surface area (Å²) in [5, 5.41) is 13.5. The molecule has 12 heteroatoms. The molecule has 0 radical (unpaired) electrons. The standard InChI is InChI=1S/C26H30Cl2F3N3O4/c1-14(2)9-10-33(13-21(35)22-19(27)5-4-6-20(22)28)24(36)18-12-32-34(23(18)26(29,30)31)16-7-8-17(25(37)38)15(3)11-16/h4-6,12,14-17H,7-11,13H2,1-3H3,(H,37,38)/t15-,16+,17+/m1/s1. The van der Waals surface area contributed by atoms with Gasteiger partial charge in [0.15, 0.2) is 11.5 Å². The van der Waals surface area contributed by atoms with Crippen LogP contribution in [0.3, 0.4) is 0 Å². The summed E-state index contributed by atoms with van der Waals surface area (Å²) in [6.45, 7) is 4.99. The van der Waals surface area contributed by atoms with Crippen LogP contribution in [0.25, 0.3) is 0 Å². The van der Waals surface area contributed by atoms with Crippen LogP contribution in [0, 0.1) is 17.8 Å². The highest BCUT2D eigenvalue weighted by atomic mass is 35.5. The first-order chi connectivity index (χ1) is 17.7. The minimum absolute atomic E-state index is 0.00546. The van der Waals surface area contributed by atoms with Crippen molar-refractivity contribution in [3.05, 3.63) is 51.3 Å². The van der Waals surface area contributed by atoms with Crippen LogP contribution < -0.4 is 0 Å². The van der Waals surface area contributed by atoms with Crippen molar-refractivity contribution in [2.45, 2.75) is 58.7 Å². The van der Waals surface area contributed by atoms with Gasteiger partial charge in [-0.1, -0.05) is 50.0 Å². The number of carboxylic acids is 1. The second kappa shape index (κ2) is 12.1. The van der Waals surface area contributed by atoms with Gasteiger partial charge in [0.1, 0.15) is 0 Å². The largest absolute Gasteiger partial charge is 0.481 e. The zero-order valence-electron chi connectivity index (χ0n) is 21.3. The number of ketones is 1. The van der Waals surface area contributed by atoms with Crippen LogP contribution in [0.15, 0.2) is 24.4 Å². The van der Waals surface area contributed by atoms with E-state index in [1.807, 2.05) is 13.8 Å². The van der Waals surface area contributed by atoms with E-state index in [1.165, 1.54) is 12.1 Å². The van der Waals surface area contributed by atoms with Crippen molar-refractivity contribution in [3.63, 3.8) is 0 Å². The van der Waals surface area contributed by atoms with Crippen molar-refractivity contribution in [3.8, 4) is 0 Å². The van der Waals surface area contributed by atoms with Crippen molar-refractivity contribution in [1.29, 1.82) is 0 Å². The first kappa shape index (κ1) is 30.0. The molecule has 1 aromatic heterocycles. The number of amides is 1. The minimum atomic E-state index is -4.91. The molecule has 2 aromatic rings. The van der Waals surface area contributed by atoms with Gasteiger partial charge >= 0.3 is 12.1 Å². The molecule has 1 N–H and O–H groups in total. The summed E-state index contributed by atoms with van der Waals surface area (Å²) in [4.78, 5) is 39.1. The van der Waals surface area contributed by atoms with E-state index in [-0.39, 0.29) is 53.3 Å².